The standard InChI is InChI=1S/C16H24N2O2/c1-11-6-12(2)16(13(3)7-11)20-10-15(19)18-5-4-14(8-17)9-18/h6-7,14H,4-5,8-10,17H2,1-3H3. The molecule has 110 valence electrons. The van der Waals surface area contributed by atoms with Crippen molar-refractivity contribution in [1.29, 1.82) is 0 Å². The number of rotatable bonds is 4. The summed E-state index contributed by atoms with van der Waals surface area (Å²) < 4.78 is 5.74. The summed E-state index contributed by atoms with van der Waals surface area (Å²) in [5.41, 5.74) is 9.02. The molecular weight excluding hydrogens is 252 g/mol. The minimum absolute atomic E-state index is 0.0559. The SMILES string of the molecule is Cc1cc(C)c(OCC(=O)N2CCC(CN)C2)c(C)c1. The number of carbonyl (C=O) groups is 1. The van der Waals surface area contributed by atoms with Crippen LogP contribution >= 0.6 is 0 Å². The first kappa shape index (κ1) is 14.9. The smallest absolute Gasteiger partial charge is 0.260 e. The molecule has 20 heavy (non-hydrogen) atoms. The lowest BCUT2D eigenvalue weighted by Crippen LogP contribution is -2.33. The Kier molecular flexibility index (Phi) is 4.65. The summed E-state index contributed by atoms with van der Waals surface area (Å²) in [6.45, 7) is 8.43. The lowest BCUT2D eigenvalue weighted by atomic mass is 10.1. The Morgan fingerprint density at radius 2 is 2.00 bits per heavy atom. The van der Waals surface area contributed by atoms with E-state index in [1.807, 2.05) is 18.7 Å². The van der Waals surface area contributed by atoms with Gasteiger partial charge in [0.15, 0.2) is 6.61 Å². The second kappa shape index (κ2) is 6.27. The van der Waals surface area contributed by atoms with Gasteiger partial charge in [0.25, 0.3) is 5.91 Å². The fourth-order valence-electron chi connectivity index (χ4n) is 2.87. The van der Waals surface area contributed by atoms with Gasteiger partial charge >= 0.3 is 0 Å². The summed E-state index contributed by atoms with van der Waals surface area (Å²) in [6.07, 6.45) is 1.00. The van der Waals surface area contributed by atoms with Crippen molar-refractivity contribution in [1.82, 2.24) is 4.90 Å². The Labute approximate surface area is 120 Å². The zero-order valence-corrected chi connectivity index (χ0v) is 12.6. The highest BCUT2D eigenvalue weighted by Gasteiger charge is 2.25. The maximum absolute atomic E-state index is 12.1. The van der Waals surface area contributed by atoms with E-state index in [2.05, 4.69) is 19.1 Å². The third-order valence-corrected chi connectivity index (χ3v) is 3.92. The van der Waals surface area contributed by atoms with Crippen LogP contribution in [-0.4, -0.2) is 37.0 Å². The van der Waals surface area contributed by atoms with Crippen LogP contribution in [0.3, 0.4) is 0 Å². The van der Waals surface area contributed by atoms with Crippen LogP contribution in [0.25, 0.3) is 0 Å². The molecule has 1 aliphatic heterocycles. The first-order chi connectivity index (χ1) is 9.51. The van der Waals surface area contributed by atoms with Crippen LogP contribution in [0.5, 0.6) is 5.75 Å². The van der Waals surface area contributed by atoms with E-state index in [0.29, 0.717) is 12.5 Å². The normalized spacial score (nSPS) is 18.4. The van der Waals surface area contributed by atoms with Gasteiger partial charge in [-0.2, -0.15) is 0 Å². The van der Waals surface area contributed by atoms with Gasteiger partial charge in [-0.05, 0) is 50.8 Å². The molecule has 1 heterocycles. The van der Waals surface area contributed by atoms with Gasteiger partial charge in [0.05, 0.1) is 0 Å². The van der Waals surface area contributed by atoms with E-state index < -0.39 is 0 Å². The van der Waals surface area contributed by atoms with E-state index >= 15 is 0 Å². The Morgan fingerprint density at radius 1 is 1.35 bits per heavy atom. The van der Waals surface area contributed by atoms with Crippen LogP contribution in [0.4, 0.5) is 0 Å². The maximum Gasteiger partial charge on any atom is 0.260 e. The highest BCUT2D eigenvalue weighted by molar-refractivity contribution is 5.78. The predicted molar refractivity (Wildman–Crippen MR) is 79.9 cm³/mol. The van der Waals surface area contributed by atoms with Crippen LogP contribution in [0.15, 0.2) is 12.1 Å². The minimum Gasteiger partial charge on any atom is -0.483 e. The number of nitrogens with zero attached hydrogens (tertiary/aromatic N) is 1. The van der Waals surface area contributed by atoms with Gasteiger partial charge in [-0.3, -0.25) is 4.79 Å². The van der Waals surface area contributed by atoms with Crippen molar-refractivity contribution in [2.75, 3.05) is 26.2 Å². The molecule has 1 amide bonds. The molecule has 4 nitrogen and oxygen atoms in total. The highest BCUT2D eigenvalue weighted by Crippen LogP contribution is 2.24. The van der Waals surface area contributed by atoms with Gasteiger partial charge in [-0.1, -0.05) is 17.7 Å². The number of carbonyl (C=O) groups excluding carboxylic acids is 1. The Morgan fingerprint density at radius 3 is 2.55 bits per heavy atom. The summed E-state index contributed by atoms with van der Waals surface area (Å²) in [7, 11) is 0. The average Bonchev–Trinajstić information content (AvgIpc) is 2.86. The van der Waals surface area contributed by atoms with Gasteiger partial charge in [0.2, 0.25) is 0 Å². The van der Waals surface area contributed by atoms with Crippen LogP contribution in [-0.2, 0) is 4.79 Å². The lowest BCUT2D eigenvalue weighted by Gasteiger charge is -2.18. The number of hydrogen-bond acceptors (Lipinski definition) is 3. The molecule has 1 atom stereocenters. The first-order valence-corrected chi connectivity index (χ1v) is 7.19. The molecule has 2 rings (SSSR count). The molecule has 0 aromatic heterocycles. The number of ether oxygens (including phenoxy) is 1. The van der Waals surface area contributed by atoms with Gasteiger partial charge in [-0.15, -0.1) is 0 Å². The van der Waals surface area contributed by atoms with Crippen molar-refractivity contribution >= 4 is 5.91 Å². The van der Waals surface area contributed by atoms with Crippen LogP contribution in [0.1, 0.15) is 23.1 Å². The summed E-state index contributed by atoms with van der Waals surface area (Å²) in [5, 5.41) is 0. The van der Waals surface area contributed by atoms with Crippen LogP contribution in [0, 0.1) is 26.7 Å². The third-order valence-electron chi connectivity index (χ3n) is 3.92. The lowest BCUT2D eigenvalue weighted by molar-refractivity contribution is -0.132. The van der Waals surface area contributed by atoms with Gasteiger partial charge < -0.3 is 15.4 Å². The number of amides is 1. The summed E-state index contributed by atoms with van der Waals surface area (Å²) in [6, 6.07) is 4.15. The largest absolute Gasteiger partial charge is 0.483 e. The third kappa shape index (κ3) is 3.31. The molecule has 4 heteroatoms. The molecule has 0 spiro atoms. The Hall–Kier alpha value is -1.55. The van der Waals surface area contributed by atoms with E-state index in [4.69, 9.17) is 10.5 Å². The molecular formula is C16H24N2O2. The van der Waals surface area contributed by atoms with Crippen molar-refractivity contribution in [3.05, 3.63) is 28.8 Å². The number of aryl methyl sites for hydroxylation is 3. The molecule has 0 bridgehead atoms. The highest BCUT2D eigenvalue weighted by atomic mass is 16.5. The molecule has 2 N–H and O–H groups in total. The monoisotopic (exact) mass is 276 g/mol. The summed E-state index contributed by atoms with van der Waals surface area (Å²) >= 11 is 0. The zero-order valence-electron chi connectivity index (χ0n) is 12.6. The van der Waals surface area contributed by atoms with Gasteiger partial charge in [-0.25, -0.2) is 0 Å². The second-order valence-electron chi connectivity index (χ2n) is 5.75. The number of likely N-dealkylation sites (tertiary alicyclic amines) is 1. The van der Waals surface area contributed by atoms with Crippen molar-refractivity contribution in [2.24, 2.45) is 11.7 Å². The van der Waals surface area contributed by atoms with Crippen molar-refractivity contribution < 1.29 is 9.53 Å². The van der Waals surface area contributed by atoms with Crippen LogP contribution in [0.2, 0.25) is 0 Å². The van der Waals surface area contributed by atoms with Gasteiger partial charge in [0, 0.05) is 13.1 Å². The van der Waals surface area contributed by atoms with E-state index in [9.17, 15) is 4.79 Å². The summed E-state index contributed by atoms with van der Waals surface area (Å²) in [4.78, 5) is 14.0. The molecule has 1 aliphatic rings. The van der Waals surface area contributed by atoms with E-state index in [1.54, 1.807) is 0 Å². The fourth-order valence-corrected chi connectivity index (χ4v) is 2.87. The molecule has 1 aromatic carbocycles. The van der Waals surface area contributed by atoms with Crippen molar-refractivity contribution in [2.45, 2.75) is 27.2 Å². The Bertz CT molecular complexity index is 476. The summed E-state index contributed by atoms with van der Waals surface area (Å²) in [5.74, 6) is 1.33. The topological polar surface area (TPSA) is 55.6 Å². The minimum atomic E-state index is 0.0559. The molecule has 0 saturated carbocycles. The van der Waals surface area contributed by atoms with Crippen molar-refractivity contribution in [3.63, 3.8) is 0 Å². The quantitative estimate of drug-likeness (QED) is 0.912. The maximum atomic E-state index is 12.1. The zero-order chi connectivity index (χ0) is 14.7. The second-order valence-corrected chi connectivity index (χ2v) is 5.75. The average molecular weight is 276 g/mol. The molecule has 1 fully saturated rings. The number of hydrogen-bond donors (Lipinski definition) is 1. The Balaban J connectivity index is 1.94. The number of nitrogens with two attached hydrogens (primary N) is 1. The van der Waals surface area contributed by atoms with Crippen molar-refractivity contribution in [3.8, 4) is 5.75 Å². The molecule has 1 unspecified atom stereocenters. The van der Waals surface area contributed by atoms with E-state index in [0.717, 1.165) is 36.4 Å². The fraction of sp³-hybridized carbons (Fsp3) is 0.562. The first-order valence-electron chi connectivity index (χ1n) is 7.19. The van der Waals surface area contributed by atoms with E-state index in [1.165, 1.54) is 5.56 Å². The van der Waals surface area contributed by atoms with Gasteiger partial charge in [0.1, 0.15) is 5.75 Å². The molecule has 1 saturated heterocycles. The number of benzene rings is 1. The molecule has 0 radical (unpaired) electrons. The van der Waals surface area contributed by atoms with Crippen LogP contribution < -0.4 is 10.5 Å². The van der Waals surface area contributed by atoms with E-state index in [-0.39, 0.29) is 12.5 Å². The predicted octanol–water partition coefficient (Wildman–Crippen LogP) is 1.80. The molecule has 0 aliphatic carbocycles. The molecule has 1 aromatic rings.